The fourth-order valence-electron chi connectivity index (χ4n) is 4.06. The number of aromatic nitrogens is 2. The van der Waals surface area contributed by atoms with E-state index in [0.29, 0.717) is 11.6 Å². The van der Waals surface area contributed by atoms with Crippen LogP contribution in [-0.4, -0.2) is 28.1 Å². The van der Waals surface area contributed by atoms with Gasteiger partial charge in [0.05, 0.1) is 0 Å². The lowest BCUT2D eigenvalue weighted by molar-refractivity contribution is 0.143. The molecule has 3 aromatic rings. The molecule has 0 N–H and O–H groups in total. The lowest BCUT2D eigenvalue weighted by Gasteiger charge is -2.27. The molecule has 1 aromatic carbocycles. The molecule has 2 fully saturated rings. The molecule has 2 aliphatic rings. The van der Waals surface area contributed by atoms with Crippen LogP contribution in [-0.2, 0) is 5.54 Å². The molecule has 0 radical (unpaired) electrons. The van der Waals surface area contributed by atoms with Gasteiger partial charge in [0.2, 0.25) is 11.7 Å². The van der Waals surface area contributed by atoms with Gasteiger partial charge in [0.25, 0.3) is 0 Å². The third-order valence-corrected chi connectivity index (χ3v) is 5.11. The Hall–Kier alpha value is -2.14. The van der Waals surface area contributed by atoms with Crippen molar-refractivity contribution in [3.63, 3.8) is 0 Å². The molecule has 0 spiro atoms. The molecule has 0 saturated carbocycles. The van der Waals surface area contributed by atoms with E-state index in [1.54, 1.807) is 0 Å². The first-order valence-electron chi connectivity index (χ1n) is 7.93. The van der Waals surface area contributed by atoms with Crippen LogP contribution in [0.1, 0.15) is 31.6 Å². The number of benzene rings is 1. The summed E-state index contributed by atoms with van der Waals surface area (Å²) in [5.74, 6) is 1.99. The van der Waals surface area contributed by atoms with Crippen LogP contribution in [0.5, 0.6) is 0 Å². The zero-order valence-corrected chi connectivity index (χ0v) is 12.3. The van der Waals surface area contributed by atoms with Crippen molar-refractivity contribution in [2.24, 2.45) is 0 Å². The molecule has 5 heteroatoms. The fourth-order valence-corrected chi connectivity index (χ4v) is 4.06. The van der Waals surface area contributed by atoms with Gasteiger partial charge in [0.15, 0.2) is 5.76 Å². The van der Waals surface area contributed by atoms with Crippen molar-refractivity contribution in [1.82, 2.24) is 15.0 Å². The first-order valence-corrected chi connectivity index (χ1v) is 7.93. The van der Waals surface area contributed by atoms with Gasteiger partial charge in [0.1, 0.15) is 11.1 Å². The molecule has 0 bridgehead atoms. The van der Waals surface area contributed by atoms with E-state index < -0.39 is 0 Å². The number of fused-ring (bicyclic) bond motifs is 2. The molecular formula is C17H17N3O2. The maximum Gasteiger partial charge on any atom is 0.247 e. The van der Waals surface area contributed by atoms with E-state index in [2.05, 4.69) is 15.0 Å². The smallest absolute Gasteiger partial charge is 0.247 e. The van der Waals surface area contributed by atoms with Crippen molar-refractivity contribution in [3.05, 3.63) is 36.2 Å². The van der Waals surface area contributed by atoms with E-state index in [1.807, 2.05) is 30.3 Å². The molecule has 112 valence electrons. The SMILES string of the molecule is c1ccc2oc(-c3noc(C45CCCN4CCC5)n3)cc2c1. The summed E-state index contributed by atoms with van der Waals surface area (Å²) in [6.07, 6.45) is 4.66. The van der Waals surface area contributed by atoms with Crippen molar-refractivity contribution < 1.29 is 8.94 Å². The van der Waals surface area contributed by atoms with E-state index in [4.69, 9.17) is 8.94 Å². The second-order valence-electron chi connectivity index (χ2n) is 6.30. The predicted molar refractivity (Wildman–Crippen MR) is 81.2 cm³/mol. The van der Waals surface area contributed by atoms with E-state index in [-0.39, 0.29) is 5.54 Å². The minimum absolute atomic E-state index is 0.0166. The van der Waals surface area contributed by atoms with Gasteiger partial charge in [-0.3, -0.25) is 4.90 Å². The Morgan fingerprint density at radius 2 is 1.91 bits per heavy atom. The van der Waals surface area contributed by atoms with Crippen LogP contribution in [0.15, 0.2) is 39.3 Å². The molecule has 0 atom stereocenters. The highest BCUT2D eigenvalue weighted by molar-refractivity contribution is 5.81. The van der Waals surface area contributed by atoms with Crippen LogP contribution in [0.3, 0.4) is 0 Å². The van der Waals surface area contributed by atoms with Gasteiger partial charge in [-0.15, -0.1) is 0 Å². The Morgan fingerprint density at radius 1 is 1.09 bits per heavy atom. The number of rotatable bonds is 2. The number of hydrogen-bond donors (Lipinski definition) is 0. The minimum Gasteiger partial charge on any atom is -0.453 e. The lowest BCUT2D eigenvalue weighted by atomic mass is 9.94. The maximum atomic E-state index is 5.84. The van der Waals surface area contributed by atoms with Crippen LogP contribution >= 0.6 is 0 Å². The summed E-state index contributed by atoms with van der Waals surface area (Å²) in [7, 11) is 0. The highest BCUT2D eigenvalue weighted by atomic mass is 16.5. The first kappa shape index (κ1) is 12.4. The number of furan rings is 1. The molecule has 5 nitrogen and oxygen atoms in total. The van der Waals surface area contributed by atoms with E-state index >= 15 is 0 Å². The quantitative estimate of drug-likeness (QED) is 0.723. The molecular weight excluding hydrogens is 278 g/mol. The van der Waals surface area contributed by atoms with E-state index in [9.17, 15) is 0 Å². The second-order valence-corrected chi connectivity index (χ2v) is 6.30. The third kappa shape index (κ3) is 1.63. The van der Waals surface area contributed by atoms with Crippen molar-refractivity contribution in [1.29, 1.82) is 0 Å². The normalized spacial score (nSPS) is 20.7. The molecule has 5 rings (SSSR count). The van der Waals surface area contributed by atoms with Crippen LogP contribution in [0.4, 0.5) is 0 Å². The molecule has 2 aliphatic heterocycles. The summed E-state index contributed by atoms with van der Waals surface area (Å²) in [6.45, 7) is 2.28. The Kier molecular flexibility index (Phi) is 2.50. The highest BCUT2D eigenvalue weighted by Crippen LogP contribution is 2.46. The highest BCUT2D eigenvalue weighted by Gasteiger charge is 2.49. The van der Waals surface area contributed by atoms with Gasteiger partial charge in [-0.25, -0.2) is 0 Å². The van der Waals surface area contributed by atoms with Crippen LogP contribution in [0.25, 0.3) is 22.6 Å². The maximum absolute atomic E-state index is 5.84. The summed E-state index contributed by atoms with van der Waals surface area (Å²) in [4.78, 5) is 7.18. The van der Waals surface area contributed by atoms with Gasteiger partial charge < -0.3 is 8.94 Å². The Balaban J connectivity index is 1.56. The molecule has 2 aromatic heterocycles. The summed E-state index contributed by atoms with van der Waals surface area (Å²) < 4.78 is 11.5. The number of hydrogen-bond acceptors (Lipinski definition) is 5. The summed E-state index contributed by atoms with van der Waals surface area (Å²) in [6, 6.07) is 9.91. The lowest BCUT2D eigenvalue weighted by Crippen LogP contribution is -2.35. The zero-order chi connectivity index (χ0) is 14.6. The Labute approximate surface area is 127 Å². The van der Waals surface area contributed by atoms with Crippen LogP contribution < -0.4 is 0 Å². The summed E-state index contributed by atoms with van der Waals surface area (Å²) in [5, 5.41) is 5.24. The average molecular weight is 295 g/mol. The van der Waals surface area contributed by atoms with Crippen molar-refractivity contribution in [2.75, 3.05) is 13.1 Å². The molecule has 4 heterocycles. The number of para-hydroxylation sites is 1. The standard InChI is InChI=1S/C17H17N3O2/c1-2-6-13-12(5-1)11-14(21-13)15-18-16(22-19-15)17-7-3-9-20(17)10-4-8-17/h1-2,5-6,11H,3-4,7-10H2. The van der Waals surface area contributed by atoms with Crippen molar-refractivity contribution in [2.45, 2.75) is 31.2 Å². The van der Waals surface area contributed by atoms with Crippen molar-refractivity contribution >= 4 is 11.0 Å². The average Bonchev–Trinajstić information content (AvgIpc) is 3.27. The van der Waals surface area contributed by atoms with Crippen LogP contribution in [0.2, 0.25) is 0 Å². The predicted octanol–water partition coefficient (Wildman–Crippen LogP) is 3.57. The van der Waals surface area contributed by atoms with E-state index in [0.717, 1.165) is 42.8 Å². The van der Waals surface area contributed by atoms with Gasteiger partial charge in [-0.05, 0) is 50.9 Å². The zero-order valence-electron chi connectivity index (χ0n) is 12.3. The second kappa shape index (κ2) is 4.43. The molecule has 0 aliphatic carbocycles. The largest absolute Gasteiger partial charge is 0.453 e. The van der Waals surface area contributed by atoms with Gasteiger partial charge in [-0.1, -0.05) is 23.4 Å². The van der Waals surface area contributed by atoms with Gasteiger partial charge >= 0.3 is 0 Å². The van der Waals surface area contributed by atoms with Crippen LogP contribution in [0, 0.1) is 0 Å². The van der Waals surface area contributed by atoms with Gasteiger partial charge in [0, 0.05) is 5.39 Å². The Morgan fingerprint density at radius 3 is 2.73 bits per heavy atom. The molecule has 0 amide bonds. The molecule has 2 saturated heterocycles. The molecule has 22 heavy (non-hydrogen) atoms. The van der Waals surface area contributed by atoms with E-state index in [1.165, 1.54) is 12.8 Å². The fraction of sp³-hybridized carbons (Fsp3) is 0.412. The topological polar surface area (TPSA) is 55.3 Å². The monoisotopic (exact) mass is 295 g/mol. The Bertz CT molecular complexity index is 792. The minimum atomic E-state index is -0.0166. The molecule has 0 unspecified atom stereocenters. The first-order chi connectivity index (χ1) is 10.9. The number of nitrogens with zero attached hydrogens (tertiary/aromatic N) is 3. The summed E-state index contributed by atoms with van der Waals surface area (Å²) in [5.41, 5.74) is 0.836. The summed E-state index contributed by atoms with van der Waals surface area (Å²) >= 11 is 0. The van der Waals surface area contributed by atoms with Gasteiger partial charge in [-0.2, -0.15) is 4.98 Å². The van der Waals surface area contributed by atoms with Crippen molar-refractivity contribution in [3.8, 4) is 11.6 Å². The third-order valence-electron chi connectivity index (χ3n) is 5.11.